The Bertz CT molecular complexity index is 328. The number of imidazole rings is 1. The molecular formula is C10H17N3O. The van der Waals surface area contributed by atoms with Gasteiger partial charge >= 0.3 is 0 Å². The van der Waals surface area contributed by atoms with E-state index in [2.05, 4.69) is 10.3 Å². The third-order valence-corrected chi connectivity index (χ3v) is 2.12. The first-order valence-electron chi connectivity index (χ1n) is 4.79. The predicted octanol–water partition coefficient (Wildman–Crippen LogP) is 1.17. The molecule has 0 aliphatic heterocycles. The Kier molecular flexibility index (Phi) is 3.41. The van der Waals surface area contributed by atoms with Crippen LogP contribution >= 0.6 is 0 Å². The number of carbonyl (C=O) groups is 1. The summed E-state index contributed by atoms with van der Waals surface area (Å²) in [7, 11) is 1.76. The highest BCUT2D eigenvalue weighted by molar-refractivity contribution is 5.96. The minimum Gasteiger partial charge on any atom is -0.323 e. The summed E-state index contributed by atoms with van der Waals surface area (Å²) in [6.07, 6.45) is 1.65. The second-order valence-electron chi connectivity index (χ2n) is 3.61. The van der Waals surface area contributed by atoms with Crippen LogP contribution in [0, 0.1) is 6.92 Å². The van der Waals surface area contributed by atoms with E-state index in [1.807, 2.05) is 25.3 Å². The number of rotatable bonds is 4. The summed E-state index contributed by atoms with van der Waals surface area (Å²) in [6.45, 7) is 6.36. The zero-order valence-corrected chi connectivity index (χ0v) is 9.16. The van der Waals surface area contributed by atoms with E-state index in [0.29, 0.717) is 12.2 Å². The molecule has 0 aliphatic carbocycles. The molecule has 1 heterocycles. The first kappa shape index (κ1) is 10.9. The van der Waals surface area contributed by atoms with Crippen LogP contribution < -0.4 is 5.32 Å². The lowest BCUT2D eigenvalue weighted by atomic mass is 10.2. The molecule has 1 N–H and O–H groups in total. The third kappa shape index (κ3) is 2.01. The second-order valence-corrected chi connectivity index (χ2v) is 3.61. The van der Waals surface area contributed by atoms with Crippen LogP contribution in [0.4, 0.5) is 0 Å². The van der Waals surface area contributed by atoms with Gasteiger partial charge in [0.15, 0.2) is 5.78 Å². The second kappa shape index (κ2) is 4.37. The van der Waals surface area contributed by atoms with Crippen LogP contribution in [0.15, 0.2) is 6.20 Å². The number of hydrogen-bond acceptors (Lipinski definition) is 3. The van der Waals surface area contributed by atoms with Crippen LogP contribution in [0.5, 0.6) is 0 Å². The fourth-order valence-corrected chi connectivity index (χ4v) is 1.56. The molecule has 0 aromatic carbocycles. The standard InChI is InChI=1S/C10H17N3O/c1-7(2)13-8(3)12-5-9(13)10(14)6-11-4/h5,7,11H,6H2,1-4H3. The van der Waals surface area contributed by atoms with Gasteiger partial charge in [0, 0.05) is 6.04 Å². The fourth-order valence-electron chi connectivity index (χ4n) is 1.56. The number of nitrogens with one attached hydrogen (secondary N) is 1. The average Bonchev–Trinajstić information content (AvgIpc) is 2.47. The van der Waals surface area contributed by atoms with Crippen LogP contribution in [-0.2, 0) is 0 Å². The van der Waals surface area contributed by atoms with Crippen LogP contribution in [0.2, 0.25) is 0 Å². The first-order chi connectivity index (χ1) is 6.57. The smallest absolute Gasteiger partial charge is 0.194 e. The molecule has 0 radical (unpaired) electrons. The highest BCUT2D eigenvalue weighted by Gasteiger charge is 2.15. The summed E-state index contributed by atoms with van der Waals surface area (Å²) in [5.41, 5.74) is 0.687. The van der Waals surface area contributed by atoms with Crippen LogP contribution in [0.3, 0.4) is 0 Å². The van der Waals surface area contributed by atoms with Gasteiger partial charge < -0.3 is 9.88 Å². The minimum atomic E-state index is 0.0850. The number of aryl methyl sites for hydroxylation is 1. The first-order valence-corrected chi connectivity index (χ1v) is 4.79. The molecule has 4 nitrogen and oxygen atoms in total. The Hall–Kier alpha value is -1.16. The molecule has 0 amide bonds. The van der Waals surface area contributed by atoms with Crippen molar-refractivity contribution < 1.29 is 4.79 Å². The molecule has 1 aromatic rings. The van der Waals surface area contributed by atoms with Gasteiger partial charge in [-0.25, -0.2) is 4.98 Å². The van der Waals surface area contributed by atoms with Crippen molar-refractivity contribution in [2.75, 3.05) is 13.6 Å². The molecule has 78 valence electrons. The van der Waals surface area contributed by atoms with Crippen molar-refractivity contribution in [2.45, 2.75) is 26.8 Å². The largest absolute Gasteiger partial charge is 0.323 e. The van der Waals surface area contributed by atoms with E-state index in [-0.39, 0.29) is 11.8 Å². The Morgan fingerprint density at radius 3 is 2.79 bits per heavy atom. The average molecular weight is 195 g/mol. The molecule has 0 fully saturated rings. The Labute approximate surface area is 84.3 Å². The highest BCUT2D eigenvalue weighted by Crippen LogP contribution is 2.13. The molecule has 14 heavy (non-hydrogen) atoms. The quantitative estimate of drug-likeness (QED) is 0.734. The Morgan fingerprint density at radius 2 is 2.29 bits per heavy atom. The molecule has 0 saturated heterocycles. The molecule has 0 saturated carbocycles. The highest BCUT2D eigenvalue weighted by atomic mass is 16.1. The topological polar surface area (TPSA) is 46.9 Å². The van der Waals surface area contributed by atoms with Crippen molar-refractivity contribution in [3.05, 3.63) is 17.7 Å². The predicted molar refractivity (Wildman–Crippen MR) is 55.6 cm³/mol. The number of Topliss-reactive ketones (excluding diaryl/α,β-unsaturated/α-hetero) is 1. The maximum atomic E-state index is 11.7. The van der Waals surface area contributed by atoms with Crippen molar-refractivity contribution in [3.63, 3.8) is 0 Å². The van der Waals surface area contributed by atoms with Crippen LogP contribution in [0.25, 0.3) is 0 Å². The van der Waals surface area contributed by atoms with Gasteiger partial charge in [0.2, 0.25) is 0 Å². The minimum absolute atomic E-state index is 0.0850. The monoisotopic (exact) mass is 195 g/mol. The van der Waals surface area contributed by atoms with Gasteiger partial charge in [0.1, 0.15) is 11.5 Å². The van der Waals surface area contributed by atoms with Crippen LogP contribution in [0.1, 0.15) is 36.2 Å². The van der Waals surface area contributed by atoms with Crippen molar-refractivity contribution in [2.24, 2.45) is 0 Å². The maximum absolute atomic E-state index is 11.7. The van der Waals surface area contributed by atoms with E-state index in [1.165, 1.54) is 0 Å². The molecule has 1 aromatic heterocycles. The molecule has 4 heteroatoms. The molecule has 0 unspecified atom stereocenters. The maximum Gasteiger partial charge on any atom is 0.194 e. The van der Waals surface area contributed by atoms with Gasteiger partial charge in [-0.1, -0.05) is 0 Å². The molecule has 0 bridgehead atoms. The van der Waals surface area contributed by atoms with Gasteiger partial charge in [0.25, 0.3) is 0 Å². The van der Waals surface area contributed by atoms with Gasteiger partial charge in [-0.05, 0) is 27.8 Å². The summed E-state index contributed by atoms with van der Waals surface area (Å²) in [5.74, 6) is 0.973. The zero-order chi connectivity index (χ0) is 10.7. The number of hydrogen-bond donors (Lipinski definition) is 1. The summed E-state index contributed by atoms with van der Waals surface area (Å²) < 4.78 is 1.96. The van der Waals surface area contributed by atoms with Gasteiger partial charge in [-0.3, -0.25) is 4.79 Å². The number of ketones is 1. The SMILES string of the molecule is CNCC(=O)c1cnc(C)n1C(C)C. The Morgan fingerprint density at radius 1 is 1.64 bits per heavy atom. The summed E-state index contributed by atoms with van der Waals surface area (Å²) in [5, 5.41) is 2.85. The van der Waals surface area contributed by atoms with Crippen molar-refractivity contribution >= 4 is 5.78 Å². The number of likely N-dealkylation sites (N-methyl/N-ethyl adjacent to an activating group) is 1. The summed E-state index contributed by atoms with van der Waals surface area (Å²) in [4.78, 5) is 15.8. The fraction of sp³-hybridized carbons (Fsp3) is 0.600. The number of nitrogens with zero attached hydrogens (tertiary/aromatic N) is 2. The van der Waals surface area contributed by atoms with Crippen LogP contribution in [-0.4, -0.2) is 28.9 Å². The molecule has 0 spiro atoms. The van der Waals surface area contributed by atoms with E-state index in [1.54, 1.807) is 13.2 Å². The van der Waals surface area contributed by atoms with E-state index in [4.69, 9.17) is 0 Å². The van der Waals surface area contributed by atoms with E-state index in [9.17, 15) is 4.79 Å². The van der Waals surface area contributed by atoms with E-state index >= 15 is 0 Å². The summed E-state index contributed by atoms with van der Waals surface area (Å²) >= 11 is 0. The van der Waals surface area contributed by atoms with E-state index < -0.39 is 0 Å². The Balaban J connectivity index is 3.02. The van der Waals surface area contributed by atoms with Crippen molar-refractivity contribution in [3.8, 4) is 0 Å². The lowest BCUT2D eigenvalue weighted by molar-refractivity contribution is 0.0983. The molecule has 0 atom stereocenters. The lowest BCUT2D eigenvalue weighted by Crippen LogP contribution is -2.22. The van der Waals surface area contributed by atoms with Crippen molar-refractivity contribution in [1.29, 1.82) is 0 Å². The normalized spacial score (nSPS) is 10.9. The molecule has 0 aliphatic rings. The lowest BCUT2D eigenvalue weighted by Gasteiger charge is -2.12. The van der Waals surface area contributed by atoms with E-state index in [0.717, 1.165) is 5.82 Å². The molecular weight excluding hydrogens is 178 g/mol. The van der Waals surface area contributed by atoms with Gasteiger partial charge in [-0.2, -0.15) is 0 Å². The van der Waals surface area contributed by atoms with Crippen molar-refractivity contribution in [1.82, 2.24) is 14.9 Å². The molecule has 1 rings (SSSR count). The third-order valence-electron chi connectivity index (χ3n) is 2.12. The summed E-state index contributed by atoms with van der Waals surface area (Å²) in [6, 6.07) is 0.272. The number of carbonyl (C=O) groups excluding carboxylic acids is 1. The van der Waals surface area contributed by atoms with Gasteiger partial charge in [-0.15, -0.1) is 0 Å². The van der Waals surface area contributed by atoms with Gasteiger partial charge in [0.05, 0.1) is 12.7 Å². The number of aromatic nitrogens is 2. The zero-order valence-electron chi connectivity index (χ0n) is 9.16.